The van der Waals surface area contributed by atoms with E-state index >= 15 is 0 Å². The minimum atomic E-state index is -0.259. The topological polar surface area (TPSA) is 73.4 Å². The molecule has 7 heteroatoms. The van der Waals surface area contributed by atoms with Gasteiger partial charge < -0.3 is 5.32 Å². The number of hydrogen-bond acceptors (Lipinski definition) is 4. The van der Waals surface area contributed by atoms with E-state index in [1.54, 1.807) is 0 Å². The van der Waals surface area contributed by atoms with Crippen molar-refractivity contribution in [3.8, 4) is 0 Å². The zero-order valence-electron chi connectivity index (χ0n) is 17.1. The van der Waals surface area contributed by atoms with E-state index in [4.69, 9.17) is 9.97 Å². The van der Waals surface area contributed by atoms with Gasteiger partial charge in [-0.25, -0.2) is 15.0 Å². The lowest BCUT2D eigenvalue weighted by Crippen LogP contribution is -2.32. The molecule has 0 saturated carbocycles. The van der Waals surface area contributed by atoms with Gasteiger partial charge in [-0.05, 0) is 36.8 Å². The fourth-order valence-electron chi connectivity index (χ4n) is 3.69. The van der Waals surface area contributed by atoms with Crippen LogP contribution in [0, 0.1) is 0 Å². The smallest absolute Gasteiger partial charge is 0.233 e. The highest BCUT2D eigenvalue weighted by Crippen LogP contribution is 2.31. The quantitative estimate of drug-likeness (QED) is 0.327. The van der Waals surface area contributed by atoms with Crippen molar-refractivity contribution in [1.82, 2.24) is 19.7 Å². The number of aromatic amines is 1. The fourth-order valence-corrected chi connectivity index (χ4v) is 4.74. The molecule has 0 fully saturated rings. The number of fused-ring (bicyclic) bond motifs is 5. The summed E-state index contributed by atoms with van der Waals surface area (Å²) < 4.78 is 2.07. The number of thioether (sulfide) groups is 1. The third-order valence-electron chi connectivity index (χ3n) is 5.26. The van der Waals surface area contributed by atoms with E-state index < -0.39 is 0 Å². The molecule has 5 aromatic rings. The fraction of sp³-hybridized carbons (Fsp3) is 0.167. The van der Waals surface area contributed by atoms with Crippen molar-refractivity contribution in [2.45, 2.75) is 30.3 Å². The number of pyridine rings is 1. The van der Waals surface area contributed by atoms with Crippen LogP contribution in [-0.4, -0.2) is 25.5 Å². The van der Waals surface area contributed by atoms with E-state index in [9.17, 15) is 4.79 Å². The van der Waals surface area contributed by atoms with Crippen LogP contribution in [0.1, 0.15) is 18.9 Å². The number of nitrogens with one attached hydrogen (secondary N) is 2. The Morgan fingerprint density at radius 2 is 1.87 bits per heavy atom. The van der Waals surface area contributed by atoms with Gasteiger partial charge in [0.25, 0.3) is 0 Å². The standard InChI is InChI=1S/C24H21N5OS/c1-2-21(23(30)26-15-16-8-7-13-25-14-16)31-24-28-18-10-4-3-9-17(18)22-27-19-11-5-6-12-20(19)29(22)24/h3-14,21H,2,15H2,1H3,(H,26,30)/p+1. The first kappa shape index (κ1) is 19.5. The van der Waals surface area contributed by atoms with Crippen LogP contribution in [0.5, 0.6) is 0 Å². The summed E-state index contributed by atoms with van der Waals surface area (Å²) in [4.78, 5) is 25.8. The number of nitrogens with zero attached hydrogens (tertiary/aromatic N) is 3. The minimum absolute atomic E-state index is 0.00359. The second-order valence-corrected chi connectivity index (χ2v) is 8.49. The Balaban J connectivity index is 1.52. The van der Waals surface area contributed by atoms with Crippen molar-refractivity contribution in [3.05, 3.63) is 78.6 Å². The lowest BCUT2D eigenvalue weighted by atomic mass is 10.2. The van der Waals surface area contributed by atoms with Crippen molar-refractivity contribution < 1.29 is 9.78 Å². The highest BCUT2D eigenvalue weighted by atomic mass is 32.2. The maximum absolute atomic E-state index is 13.0. The summed E-state index contributed by atoms with van der Waals surface area (Å²) in [6.07, 6.45) is 4.43. The van der Waals surface area contributed by atoms with Gasteiger partial charge in [-0.1, -0.05) is 43.0 Å². The molecular weight excluding hydrogens is 406 g/mol. The number of carbonyl (C=O) groups excluding carboxylic acids is 1. The summed E-state index contributed by atoms with van der Waals surface area (Å²) in [5.41, 5.74) is 4.68. The average Bonchev–Trinajstić information content (AvgIpc) is 3.22. The molecule has 0 aliphatic heterocycles. The van der Waals surface area contributed by atoms with Crippen molar-refractivity contribution in [2.75, 3.05) is 0 Å². The Labute approximate surface area is 183 Å². The molecule has 0 saturated heterocycles. The molecule has 0 aliphatic carbocycles. The number of imidazole rings is 1. The van der Waals surface area contributed by atoms with Crippen LogP contribution in [0.3, 0.4) is 0 Å². The molecular formula is C24H22N5OS+. The van der Waals surface area contributed by atoms with Gasteiger partial charge in [0.15, 0.2) is 17.6 Å². The number of H-pyrrole nitrogens is 1. The van der Waals surface area contributed by atoms with Crippen LogP contribution in [-0.2, 0) is 11.3 Å². The Bertz CT molecular complexity index is 1380. The summed E-state index contributed by atoms with van der Waals surface area (Å²) in [6, 6.07) is 20.0. The number of para-hydroxylation sites is 3. The van der Waals surface area contributed by atoms with Gasteiger partial charge in [0, 0.05) is 23.6 Å². The van der Waals surface area contributed by atoms with E-state index in [2.05, 4.69) is 14.7 Å². The van der Waals surface area contributed by atoms with E-state index in [0.717, 1.165) is 38.3 Å². The third-order valence-corrected chi connectivity index (χ3v) is 6.58. The predicted octanol–water partition coefficient (Wildman–Crippen LogP) is 4.04. The van der Waals surface area contributed by atoms with Gasteiger partial charge in [-0.2, -0.15) is 0 Å². The molecule has 0 radical (unpaired) electrons. The van der Waals surface area contributed by atoms with Gasteiger partial charge in [-0.3, -0.25) is 9.20 Å². The Morgan fingerprint density at radius 1 is 1.06 bits per heavy atom. The monoisotopic (exact) mass is 428 g/mol. The predicted molar refractivity (Wildman–Crippen MR) is 123 cm³/mol. The van der Waals surface area contributed by atoms with Crippen LogP contribution in [0.25, 0.3) is 27.6 Å². The highest BCUT2D eigenvalue weighted by Gasteiger charge is 2.22. The first-order valence-corrected chi connectivity index (χ1v) is 11.2. The molecule has 2 aromatic carbocycles. The summed E-state index contributed by atoms with van der Waals surface area (Å²) in [5, 5.41) is 4.57. The molecule has 31 heavy (non-hydrogen) atoms. The zero-order valence-corrected chi connectivity index (χ0v) is 17.9. The Hall–Kier alpha value is -3.45. The second kappa shape index (κ2) is 8.35. The van der Waals surface area contributed by atoms with Crippen molar-refractivity contribution in [1.29, 1.82) is 0 Å². The summed E-state index contributed by atoms with van der Waals surface area (Å²) >= 11 is 1.49. The highest BCUT2D eigenvalue weighted by molar-refractivity contribution is 8.00. The van der Waals surface area contributed by atoms with E-state index in [1.165, 1.54) is 11.8 Å². The average molecular weight is 429 g/mol. The maximum Gasteiger partial charge on any atom is 0.233 e. The molecule has 0 spiro atoms. The van der Waals surface area contributed by atoms with Crippen molar-refractivity contribution >= 4 is 45.3 Å². The molecule has 0 aliphatic rings. The number of hydrogen-bond donors (Lipinski definition) is 1. The molecule has 154 valence electrons. The summed E-state index contributed by atoms with van der Waals surface area (Å²) in [5.74, 6) is 0.00359. The van der Waals surface area contributed by atoms with Crippen LogP contribution >= 0.6 is 11.8 Å². The zero-order chi connectivity index (χ0) is 21.2. The van der Waals surface area contributed by atoms with Crippen LogP contribution in [0.2, 0.25) is 0 Å². The minimum Gasteiger partial charge on any atom is -0.351 e. The SMILES string of the molecule is CCC(Sc1nc2ccccc2c2nc3ccccc3n12)C(=O)NCc1ccc[nH+]c1. The van der Waals surface area contributed by atoms with Crippen molar-refractivity contribution in [3.63, 3.8) is 0 Å². The lowest BCUT2D eigenvalue weighted by molar-refractivity contribution is -0.378. The first-order chi connectivity index (χ1) is 15.2. The molecule has 6 nitrogen and oxygen atoms in total. The van der Waals surface area contributed by atoms with E-state index in [-0.39, 0.29) is 11.2 Å². The number of carbonyl (C=O) groups is 1. The number of aromatic nitrogens is 4. The molecule has 0 bridgehead atoms. The van der Waals surface area contributed by atoms with Crippen LogP contribution in [0.15, 0.2) is 78.2 Å². The number of rotatable bonds is 6. The molecule has 1 amide bonds. The second-order valence-electron chi connectivity index (χ2n) is 7.32. The summed E-state index contributed by atoms with van der Waals surface area (Å²) in [7, 11) is 0. The van der Waals surface area contributed by atoms with Gasteiger partial charge in [-0.15, -0.1) is 0 Å². The molecule has 2 N–H and O–H groups in total. The van der Waals surface area contributed by atoms with Crippen molar-refractivity contribution in [2.24, 2.45) is 0 Å². The number of benzene rings is 2. The van der Waals surface area contributed by atoms with E-state index in [1.807, 2.05) is 80.0 Å². The summed E-state index contributed by atoms with van der Waals surface area (Å²) in [6.45, 7) is 2.51. The number of amides is 1. The molecule has 5 rings (SSSR count). The molecule has 3 heterocycles. The maximum atomic E-state index is 13.0. The normalized spacial score (nSPS) is 12.4. The van der Waals surface area contributed by atoms with Gasteiger partial charge >= 0.3 is 0 Å². The largest absolute Gasteiger partial charge is 0.351 e. The van der Waals surface area contributed by atoms with Crippen LogP contribution < -0.4 is 10.3 Å². The van der Waals surface area contributed by atoms with Gasteiger partial charge in [0.05, 0.1) is 21.8 Å². The Kier molecular flexibility index (Phi) is 5.26. The first-order valence-electron chi connectivity index (χ1n) is 10.3. The van der Waals surface area contributed by atoms with Crippen LogP contribution in [0.4, 0.5) is 0 Å². The third kappa shape index (κ3) is 3.72. The lowest BCUT2D eigenvalue weighted by Gasteiger charge is -2.16. The van der Waals surface area contributed by atoms with Gasteiger partial charge in [0.2, 0.25) is 5.91 Å². The molecule has 1 unspecified atom stereocenters. The Morgan fingerprint density at radius 3 is 2.68 bits per heavy atom. The van der Waals surface area contributed by atoms with E-state index in [0.29, 0.717) is 13.0 Å². The molecule has 1 atom stereocenters. The molecule has 3 aromatic heterocycles. The van der Waals surface area contributed by atoms with Gasteiger partial charge in [0.1, 0.15) is 5.65 Å².